The molecule has 0 radical (unpaired) electrons. The van der Waals surface area contributed by atoms with E-state index in [0.29, 0.717) is 43.4 Å². The summed E-state index contributed by atoms with van der Waals surface area (Å²) in [5.74, 6) is 0.0922. The number of carbonyl (C=O) groups excluding carboxylic acids is 2. The van der Waals surface area contributed by atoms with Crippen LogP contribution in [0.25, 0.3) is 0 Å². The topological polar surface area (TPSA) is 59.7 Å². The van der Waals surface area contributed by atoms with Crippen LogP contribution in [0.2, 0.25) is 10.2 Å². The maximum absolute atomic E-state index is 12.4. The highest BCUT2D eigenvalue weighted by Gasteiger charge is 2.26. The molecule has 2 aliphatic heterocycles. The largest absolute Gasteiger partial charge is 0.342 e. The SMILES string of the molecule is O=C(CN1CCN(C(=O)c2cc(Cl)c(Cl)[nH]2)CC1)N1CCCC1. The Morgan fingerprint density at radius 1 is 1.00 bits per heavy atom. The highest BCUT2D eigenvalue weighted by molar-refractivity contribution is 6.41. The van der Waals surface area contributed by atoms with Gasteiger partial charge in [-0.2, -0.15) is 0 Å². The molecule has 0 saturated carbocycles. The Balaban J connectivity index is 1.49. The zero-order valence-electron chi connectivity index (χ0n) is 12.9. The molecule has 3 heterocycles. The number of nitrogens with zero attached hydrogens (tertiary/aromatic N) is 3. The fourth-order valence-corrected chi connectivity index (χ4v) is 3.37. The smallest absolute Gasteiger partial charge is 0.270 e. The fourth-order valence-electron chi connectivity index (χ4n) is 3.06. The van der Waals surface area contributed by atoms with E-state index in [2.05, 4.69) is 9.88 Å². The van der Waals surface area contributed by atoms with E-state index in [1.807, 2.05) is 4.90 Å². The van der Waals surface area contributed by atoms with E-state index < -0.39 is 0 Å². The molecule has 1 N–H and O–H groups in total. The first-order valence-corrected chi connectivity index (χ1v) is 8.63. The summed E-state index contributed by atoms with van der Waals surface area (Å²) in [7, 11) is 0. The molecule has 1 aromatic heterocycles. The average Bonchev–Trinajstić information content (AvgIpc) is 3.18. The number of H-pyrrole nitrogens is 1. The van der Waals surface area contributed by atoms with Gasteiger partial charge in [0.05, 0.1) is 11.6 Å². The normalized spacial score (nSPS) is 19.4. The van der Waals surface area contributed by atoms with E-state index in [0.717, 1.165) is 25.9 Å². The molecule has 0 spiro atoms. The third-order valence-electron chi connectivity index (χ3n) is 4.43. The standard InChI is InChI=1S/C15H20Cl2N4O2/c16-11-9-12(18-14(11)17)15(23)21-7-5-19(6-8-21)10-13(22)20-3-1-2-4-20/h9,18H,1-8,10H2. The lowest BCUT2D eigenvalue weighted by atomic mass is 10.2. The van der Waals surface area contributed by atoms with Crippen LogP contribution in [0.15, 0.2) is 6.07 Å². The lowest BCUT2D eigenvalue weighted by Gasteiger charge is -2.34. The lowest BCUT2D eigenvalue weighted by Crippen LogP contribution is -2.51. The van der Waals surface area contributed by atoms with Crippen molar-refractivity contribution in [3.05, 3.63) is 21.9 Å². The van der Waals surface area contributed by atoms with Crippen LogP contribution in [0.3, 0.4) is 0 Å². The van der Waals surface area contributed by atoms with Crippen molar-refractivity contribution >= 4 is 35.0 Å². The van der Waals surface area contributed by atoms with Crippen molar-refractivity contribution in [3.63, 3.8) is 0 Å². The number of amides is 2. The minimum absolute atomic E-state index is 0.107. The molecule has 0 aromatic carbocycles. The first-order chi connectivity index (χ1) is 11.0. The summed E-state index contributed by atoms with van der Waals surface area (Å²) in [6, 6.07) is 1.55. The first-order valence-electron chi connectivity index (χ1n) is 7.88. The average molecular weight is 359 g/mol. The minimum atomic E-state index is -0.107. The van der Waals surface area contributed by atoms with Gasteiger partial charge in [0.2, 0.25) is 5.91 Å². The van der Waals surface area contributed by atoms with Gasteiger partial charge in [0.15, 0.2) is 0 Å². The molecule has 0 aliphatic carbocycles. The van der Waals surface area contributed by atoms with Crippen molar-refractivity contribution in [1.82, 2.24) is 19.7 Å². The van der Waals surface area contributed by atoms with E-state index in [1.54, 1.807) is 11.0 Å². The van der Waals surface area contributed by atoms with Gasteiger partial charge in [-0.15, -0.1) is 0 Å². The summed E-state index contributed by atoms with van der Waals surface area (Å²) < 4.78 is 0. The van der Waals surface area contributed by atoms with E-state index >= 15 is 0 Å². The number of aromatic amines is 1. The number of piperazine rings is 1. The second kappa shape index (κ2) is 7.11. The zero-order valence-corrected chi connectivity index (χ0v) is 14.4. The van der Waals surface area contributed by atoms with Gasteiger partial charge in [-0.05, 0) is 18.9 Å². The molecule has 2 fully saturated rings. The highest BCUT2D eigenvalue weighted by Crippen LogP contribution is 2.23. The second-order valence-corrected chi connectivity index (χ2v) is 6.79. The number of halogens is 2. The predicted molar refractivity (Wildman–Crippen MR) is 89.0 cm³/mol. The van der Waals surface area contributed by atoms with Gasteiger partial charge in [-0.25, -0.2) is 0 Å². The van der Waals surface area contributed by atoms with Crippen molar-refractivity contribution in [3.8, 4) is 0 Å². The first kappa shape index (κ1) is 16.6. The molecule has 0 unspecified atom stereocenters. The maximum atomic E-state index is 12.4. The number of hydrogen-bond acceptors (Lipinski definition) is 3. The third-order valence-corrected chi connectivity index (χ3v) is 5.13. The summed E-state index contributed by atoms with van der Waals surface area (Å²) in [6.45, 7) is 4.81. The highest BCUT2D eigenvalue weighted by atomic mass is 35.5. The van der Waals surface area contributed by atoms with Crippen molar-refractivity contribution in [2.45, 2.75) is 12.8 Å². The van der Waals surface area contributed by atoms with E-state index in [-0.39, 0.29) is 17.0 Å². The van der Waals surface area contributed by atoms with Crippen LogP contribution in [0.1, 0.15) is 23.3 Å². The van der Waals surface area contributed by atoms with Gasteiger partial charge >= 0.3 is 0 Å². The molecule has 2 aliphatic rings. The number of nitrogens with one attached hydrogen (secondary N) is 1. The molecule has 0 bridgehead atoms. The van der Waals surface area contributed by atoms with E-state index in [9.17, 15) is 9.59 Å². The Morgan fingerprint density at radius 2 is 1.65 bits per heavy atom. The summed E-state index contributed by atoms with van der Waals surface area (Å²) in [4.78, 5) is 33.1. The number of aromatic nitrogens is 1. The van der Waals surface area contributed by atoms with Crippen molar-refractivity contribution in [2.75, 3.05) is 45.8 Å². The number of hydrogen-bond donors (Lipinski definition) is 1. The summed E-state index contributed by atoms with van der Waals surface area (Å²) in [5.41, 5.74) is 0.404. The second-order valence-electron chi connectivity index (χ2n) is 6.00. The van der Waals surface area contributed by atoms with Crippen molar-refractivity contribution in [2.24, 2.45) is 0 Å². The van der Waals surface area contributed by atoms with Gasteiger partial charge in [0.25, 0.3) is 5.91 Å². The van der Waals surface area contributed by atoms with Gasteiger partial charge in [-0.1, -0.05) is 23.2 Å². The Hall–Kier alpha value is -1.24. The fraction of sp³-hybridized carbons (Fsp3) is 0.600. The van der Waals surface area contributed by atoms with Crippen molar-refractivity contribution in [1.29, 1.82) is 0 Å². The summed E-state index contributed by atoms with van der Waals surface area (Å²) in [6.07, 6.45) is 2.21. The van der Waals surface area contributed by atoms with Crippen LogP contribution in [0.4, 0.5) is 0 Å². The molecule has 23 heavy (non-hydrogen) atoms. The third kappa shape index (κ3) is 3.82. The van der Waals surface area contributed by atoms with E-state index in [1.165, 1.54) is 0 Å². The predicted octanol–water partition coefficient (Wildman–Crippen LogP) is 1.70. The van der Waals surface area contributed by atoms with Gasteiger partial charge in [0.1, 0.15) is 10.8 Å². The van der Waals surface area contributed by atoms with Crippen molar-refractivity contribution < 1.29 is 9.59 Å². The van der Waals surface area contributed by atoms with Crippen LogP contribution in [-0.4, -0.2) is 77.3 Å². The molecule has 126 valence electrons. The zero-order chi connectivity index (χ0) is 16.4. The molecule has 3 rings (SSSR count). The molecule has 6 nitrogen and oxygen atoms in total. The molecule has 2 saturated heterocycles. The molecular weight excluding hydrogens is 339 g/mol. The van der Waals surface area contributed by atoms with Crippen LogP contribution >= 0.6 is 23.2 Å². The Morgan fingerprint density at radius 3 is 2.22 bits per heavy atom. The molecule has 2 amide bonds. The minimum Gasteiger partial charge on any atom is -0.342 e. The molecule has 1 aromatic rings. The van der Waals surface area contributed by atoms with E-state index in [4.69, 9.17) is 23.2 Å². The Bertz CT molecular complexity index is 571. The quantitative estimate of drug-likeness (QED) is 0.894. The monoisotopic (exact) mass is 358 g/mol. The van der Waals surface area contributed by atoms with Gasteiger partial charge < -0.3 is 14.8 Å². The molecule has 8 heteroatoms. The van der Waals surface area contributed by atoms with Crippen LogP contribution in [-0.2, 0) is 4.79 Å². The Kier molecular flexibility index (Phi) is 5.14. The summed E-state index contributed by atoms with van der Waals surface area (Å²) in [5, 5.41) is 0.634. The van der Waals surface area contributed by atoms with Crippen LogP contribution in [0, 0.1) is 0 Å². The maximum Gasteiger partial charge on any atom is 0.270 e. The number of likely N-dealkylation sites (tertiary alicyclic amines) is 1. The van der Waals surface area contributed by atoms with Crippen LogP contribution in [0.5, 0.6) is 0 Å². The molecular formula is C15H20Cl2N4O2. The van der Waals surface area contributed by atoms with Gasteiger partial charge in [-0.3, -0.25) is 14.5 Å². The number of carbonyl (C=O) groups is 2. The summed E-state index contributed by atoms with van der Waals surface area (Å²) >= 11 is 11.7. The van der Waals surface area contributed by atoms with Crippen LogP contribution < -0.4 is 0 Å². The number of rotatable bonds is 3. The Labute approximate surface area is 145 Å². The lowest BCUT2D eigenvalue weighted by molar-refractivity contribution is -0.131. The van der Waals surface area contributed by atoms with Gasteiger partial charge in [0, 0.05) is 39.3 Å². The molecule has 0 atom stereocenters.